The zero-order valence-electron chi connectivity index (χ0n) is 13.7. The predicted molar refractivity (Wildman–Crippen MR) is 91.3 cm³/mol. The minimum atomic E-state index is 0.494. The molecule has 21 heavy (non-hydrogen) atoms. The molecule has 1 aliphatic heterocycles. The first-order chi connectivity index (χ1) is 10.2. The van der Waals surface area contributed by atoms with Crippen LogP contribution < -0.4 is 10.2 Å². The summed E-state index contributed by atoms with van der Waals surface area (Å²) in [5.74, 6) is 0. The van der Waals surface area contributed by atoms with Crippen LogP contribution in [0.4, 0.5) is 5.13 Å². The number of hydrogen-bond donors (Lipinski definition) is 1. The van der Waals surface area contributed by atoms with E-state index in [0.29, 0.717) is 11.5 Å². The molecule has 3 rings (SSSR count). The van der Waals surface area contributed by atoms with Crippen molar-refractivity contribution in [2.45, 2.75) is 65.3 Å². The normalized spacial score (nSPS) is 24.3. The Balaban J connectivity index is 1.79. The SMILES string of the molecule is CCNC1CCCc2sc(N3CCC(CC)(CC)C3)nc21. The van der Waals surface area contributed by atoms with Gasteiger partial charge in [0.05, 0.1) is 11.7 Å². The second-order valence-corrected chi connectivity index (χ2v) is 7.75. The van der Waals surface area contributed by atoms with Crippen molar-refractivity contribution in [3.8, 4) is 0 Å². The second-order valence-electron chi connectivity index (χ2n) is 6.69. The Morgan fingerprint density at radius 3 is 2.81 bits per heavy atom. The minimum absolute atomic E-state index is 0.494. The summed E-state index contributed by atoms with van der Waals surface area (Å²) in [7, 11) is 0. The molecule has 0 aromatic carbocycles. The number of rotatable bonds is 5. The second kappa shape index (κ2) is 6.25. The molecule has 0 amide bonds. The van der Waals surface area contributed by atoms with Crippen molar-refractivity contribution in [2.24, 2.45) is 5.41 Å². The molecule has 0 spiro atoms. The maximum Gasteiger partial charge on any atom is 0.185 e. The van der Waals surface area contributed by atoms with E-state index in [-0.39, 0.29) is 0 Å². The average molecular weight is 308 g/mol. The van der Waals surface area contributed by atoms with Gasteiger partial charge in [-0.3, -0.25) is 0 Å². The molecule has 4 heteroatoms. The summed E-state index contributed by atoms with van der Waals surface area (Å²) in [6, 6.07) is 0.494. The molecule has 1 fully saturated rings. The maximum atomic E-state index is 5.05. The number of nitrogens with zero attached hydrogens (tertiary/aromatic N) is 2. The van der Waals surface area contributed by atoms with E-state index in [0.717, 1.165) is 6.54 Å². The molecule has 1 unspecified atom stereocenters. The smallest absolute Gasteiger partial charge is 0.185 e. The van der Waals surface area contributed by atoms with E-state index in [2.05, 4.69) is 31.0 Å². The van der Waals surface area contributed by atoms with Crippen molar-refractivity contribution in [1.29, 1.82) is 0 Å². The largest absolute Gasteiger partial charge is 0.348 e. The summed E-state index contributed by atoms with van der Waals surface area (Å²) in [4.78, 5) is 9.14. The molecule has 3 nitrogen and oxygen atoms in total. The zero-order chi connectivity index (χ0) is 14.9. The molecule has 1 aromatic heterocycles. The molecule has 118 valence electrons. The molecular formula is C17H29N3S. The minimum Gasteiger partial charge on any atom is -0.348 e. The molecule has 2 heterocycles. The molecule has 1 atom stereocenters. The van der Waals surface area contributed by atoms with Gasteiger partial charge in [0.2, 0.25) is 0 Å². The fourth-order valence-corrected chi connectivity index (χ4v) is 5.10. The molecule has 1 N–H and O–H groups in total. The number of aromatic nitrogens is 1. The van der Waals surface area contributed by atoms with Crippen molar-refractivity contribution in [3.63, 3.8) is 0 Å². The van der Waals surface area contributed by atoms with E-state index in [4.69, 9.17) is 4.98 Å². The van der Waals surface area contributed by atoms with Gasteiger partial charge in [0.15, 0.2) is 5.13 Å². The fourth-order valence-electron chi connectivity index (χ4n) is 3.91. The number of fused-ring (bicyclic) bond motifs is 1. The van der Waals surface area contributed by atoms with Gasteiger partial charge in [0.1, 0.15) is 0 Å². The molecule has 0 saturated carbocycles. The van der Waals surface area contributed by atoms with Gasteiger partial charge >= 0.3 is 0 Å². The molecule has 0 bridgehead atoms. The number of nitrogens with one attached hydrogen (secondary N) is 1. The first-order valence-electron chi connectivity index (χ1n) is 8.69. The Labute approximate surface area is 133 Å². The molecule has 1 saturated heterocycles. The van der Waals surface area contributed by atoms with Gasteiger partial charge in [-0.05, 0) is 50.5 Å². The lowest BCUT2D eigenvalue weighted by Crippen LogP contribution is -2.26. The highest BCUT2D eigenvalue weighted by Crippen LogP contribution is 2.42. The van der Waals surface area contributed by atoms with Crippen LogP contribution in [0.3, 0.4) is 0 Å². The first kappa shape index (κ1) is 15.3. The fraction of sp³-hybridized carbons (Fsp3) is 0.824. The van der Waals surface area contributed by atoms with Crippen LogP contribution in [0.25, 0.3) is 0 Å². The Bertz CT molecular complexity index is 478. The van der Waals surface area contributed by atoms with Crippen LogP contribution in [0.1, 0.15) is 69.5 Å². The first-order valence-corrected chi connectivity index (χ1v) is 9.51. The van der Waals surface area contributed by atoms with E-state index < -0.39 is 0 Å². The maximum absolute atomic E-state index is 5.05. The highest BCUT2D eigenvalue weighted by Gasteiger charge is 2.37. The van der Waals surface area contributed by atoms with Crippen LogP contribution in [0, 0.1) is 5.41 Å². The Morgan fingerprint density at radius 2 is 2.14 bits per heavy atom. The highest BCUT2D eigenvalue weighted by atomic mass is 32.1. The third-order valence-electron chi connectivity index (χ3n) is 5.60. The Morgan fingerprint density at radius 1 is 1.33 bits per heavy atom. The number of hydrogen-bond acceptors (Lipinski definition) is 4. The van der Waals surface area contributed by atoms with E-state index in [1.807, 2.05) is 11.3 Å². The van der Waals surface area contributed by atoms with E-state index in [1.165, 1.54) is 67.3 Å². The van der Waals surface area contributed by atoms with Crippen LogP contribution in [0.15, 0.2) is 0 Å². The van der Waals surface area contributed by atoms with Gasteiger partial charge in [-0.2, -0.15) is 0 Å². The molecule has 1 aliphatic carbocycles. The van der Waals surface area contributed by atoms with Crippen molar-refractivity contribution in [2.75, 3.05) is 24.5 Å². The van der Waals surface area contributed by atoms with Gasteiger partial charge in [-0.25, -0.2) is 4.98 Å². The molecule has 1 aromatic rings. The quantitative estimate of drug-likeness (QED) is 0.886. The van der Waals surface area contributed by atoms with Crippen molar-refractivity contribution in [1.82, 2.24) is 10.3 Å². The summed E-state index contributed by atoms with van der Waals surface area (Å²) in [6.45, 7) is 10.3. The van der Waals surface area contributed by atoms with Crippen LogP contribution in [-0.2, 0) is 6.42 Å². The lowest BCUT2D eigenvalue weighted by atomic mass is 9.82. The van der Waals surface area contributed by atoms with Crippen LogP contribution >= 0.6 is 11.3 Å². The summed E-state index contributed by atoms with van der Waals surface area (Å²) < 4.78 is 0. The highest BCUT2D eigenvalue weighted by molar-refractivity contribution is 7.15. The van der Waals surface area contributed by atoms with Gasteiger partial charge in [-0.1, -0.05) is 20.8 Å². The van der Waals surface area contributed by atoms with Crippen molar-refractivity contribution in [3.05, 3.63) is 10.6 Å². The van der Waals surface area contributed by atoms with Crippen LogP contribution in [0.2, 0.25) is 0 Å². The van der Waals surface area contributed by atoms with Crippen LogP contribution in [0.5, 0.6) is 0 Å². The average Bonchev–Trinajstić information content (AvgIpc) is 3.12. The number of aryl methyl sites for hydroxylation is 1. The van der Waals surface area contributed by atoms with Gasteiger partial charge in [0.25, 0.3) is 0 Å². The monoisotopic (exact) mass is 307 g/mol. The third-order valence-corrected chi connectivity index (χ3v) is 6.79. The lowest BCUT2D eigenvalue weighted by Gasteiger charge is -2.26. The van der Waals surface area contributed by atoms with Gasteiger partial charge in [0, 0.05) is 18.0 Å². The van der Waals surface area contributed by atoms with E-state index >= 15 is 0 Å². The van der Waals surface area contributed by atoms with Crippen molar-refractivity contribution >= 4 is 16.5 Å². The number of thiazole rings is 1. The summed E-state index contributed by atoms with van der Waals surface area (Å²) >= 11 is 1.96. The zero-order valence-corrected chi connectivity index (χ0v) is 14.6. The summed E-state index contributed by atoms with van der Waals surface area (Å²) in [6.07, 6.45) is 7.71. The lowest BCUT2D eigenvalue weighted by molar-refractivity contribution is 0.301. The molecular weight excluding hydrogens is 278 g/mol. The van der Waals surface area contributed by atoms with Crippen LogP contribution in [-0.4, -0.2) is 24.6 Å². The molecule has 2 aliphatic rings. The van der Waals surface area contributed by atoms with E-state index in [1.54, 1.807) is 0 Å². The number of anilines is 1. The topological polar surface area (TPSA) is 28.2 Å². The van der Waals surface area contributed by atoms with Crippen molar-refractivity contribution < 1.29 is 0 Å². The summed E-state index contributed by atoms with van der Waals surface area (Å²) in [5, 5.41) is 4.89. The third kappa shape index (κ3) is 2.85. The predicted octanol–water partition coefficient (Wildman–Crippen LogP) is 4.15. The van der Waals surface area contributed by atoms with Gasteiger partial charge in [-0.15, -0.1) is 11.3 Å². The molecule has 0 radical (unpaired) electrons. The standard InChI is InChI=1S/C17H29N3S/c1-4-17(5-2)10-11-20(12-17)16-19-15-13(18-6-3)8-7-9-14(15)21-16/h13,18H,4-12H2,1-3H3. The Kier molecular flexibility index (Phi) is 4.55. The summed E-state index contributed by atoms with van der Waals surface area (Å²) in [5.41, 5.74) is 1.89. The Hall–Kier alpha value is -0.610. The van der Waals surface area contributed by atoms with Gasteiger partial charge < -0.3 is 10.2 Å². The van der Waals surface area contributed by atoms with E-state index in [9.17, 15) is 0 Å².